The van der Waals surface area contributed by atoms with Gasteiger partial charge in [-0.2, -0.15) is 26.9 Å². The summed E-state index contributed by atoms with van der Waals surface area (Å²) in [7, 11) is -6.02. The van der Waals surface area contributed by atoms with Gasteiger partial charge in [-0.1, -0.05) is 0 Å². The first-order chi connectivity index (χ1) is 12.0. The van der Waals surface area contributed by atoms with Crippen LogP contribution in [-0.2, 0) is 10.1 Å². The Labute approximate surface area is 144 Å². The Balaban J connectivity index is 2.61. The Hall–Kier alpha value is -3.20. The summed E-state index contributed by atoms with van der Waals surface area (Å²) in [6.45, 7) is 1.35. The fourth-order valence-electron chi connectivity index (χ4n) is 1.95. The zero-order valence-corrected chi connectivity index (χ0v) is 13.6. The van der Waals surface area contributed by atoms with Gasteiger partial charge in [0.25, 0.3) is 11.6 Å². The van der Waals surface area contributed by atoms with E-state index in [4.69, 9.17) is 0 Å². The highest BCUT2D eigenvalue weighted by Gasteiger charge is 2.49. The maximum Gasteiger partial charge on any atom is 0.534 e. The van der Waals surface area contributed by atoms with Crippen LogP contribution in [0.5, 0.6) is 5.88 Å². The topological polar surface area (TPSA) is 123 Å². The van der Waals surface area contributed by atoms with E-state index in [0.29, 0.717) is 0 Å². The van der Waals surface area contributed by atoms with Crippen LogP contribution in [0.4, 0.5) is 18.9 Å². The summed E-state index contributed by atoms with van der Waals surface area (Å²) >= 11 is 0. The molecule has 12 heteroatoms. The number of alkyl halides is 3. The lowest BCUT2D eigenvalue weighted by atomic mass is 10.0. The number of aryl methyl sites for hydroxylation is 1. The molecule has 1 aromatic carbocycles. The molecule has 0 amide bonds. The van der Waals surface area contributed by atoms with Crippen LogP contribution in [0.1, 0.15) is 11.3 Å². The van der Waals surface area contributed by atoms with Gasteiger partial charge in [-0.25, -0.2) is 4.98 Å². The van der Waals surface area contributed by atoms with Crippen molar-refractivity contribution in [3.63, 3.8) is 0 Å². The molecule has 0 bridgehead atoms. The number of nitro benzene ring substituents is 1. The van der Waals surface area contributed by atoms with Gasteiger partial charge in [-0.15, -0.1) is 0 Å². The van der Waals surface area contributed by atoms with E-state index in [9.17, 15) is 37.0 Å². The highest BCUT2D eigenvalue weighted by molar-refractivity contribution is 7.87. The number of nitro groups is 1. The highest BCUT2D eigenvalue weighted by atomic mass is 32.2. The van der Waals surface area contributed by atoms with Crippen molar-refractivity contribution in [1.82, 2.24) is 4.98 Å². The minimum atomic E-state index is -6.02. The Bertz CT molecular complexity index is 1010. The van der Waals surface area contributed by atoms with E-state index in [2.05, 4.69) is 9.17 Å². The lowest BCUT2D eigenvalue weighted by Gasteiger charge is -2.13. The minimum Gasteiger partial charge on any atom is -0.354 e. The summed E-state index contributed by atoms with van der Waals surface area (Å²) in [6, 6.07) is 7.63. The fourth-order valence-corrected chi connectivity index (χ4v) is 2.38. The lowest BCUT2D eigenvalue weighted by Crippen LogP contribution is -2.28. The summed E-state index contributed by atoms with van der Waals surface area (Å²) in [5, 5.41) is 19.9. The molecule has 0 saturated carbocycles. The van der Waals surface area contributed by atoms with Gasteiger partial charge in [0, 0.05) is 23.4 Å². The quantitative estimate of drug-likeness (QED) is 0.342. The van der Waals surface area contributed by atoms with Gasteiger partial charge in [0.2, 0.25) is 0 Å². The predicted molar refractivity (Wildman–Crippen MR) is 81.4 cm³/mol. The fraction of sp³-hybridized carbons (Fsp3) is 0.143. The molecular weight excluding hydrogens is 379 g/mol. The largest absolute Gasteiger partial charge is 0.534 e. The van der Waals surface area contributed by atoms with Gasteiger partial charge in [-0.05, 0) is 30.7 Å². The molecular formula is C14H8F3N3O5S. The number of hydrogen-bond acceptors (Lipinski definition) is 7. The number of nitriles is 1. The van der Waals surface area contributed by atoms with Crippen LogP contribution in [0.2, 0.25) is 0 Å². The molecule has 0 radical (unpaired) electrons. The third-order valence-electron chi connectivity index (χ3n) is 3.09. The van der Waals surface area contributed by atoms with Crippen LogP contribution >= 0.6 is 0 Å². The van der Waals surface area contributed by atoms with Crippen LogP contribution in [-0.4, -0.2) is 23.8 Å². The Morgan fingerprint density at radius 2 is 1.85 bits per heavy atom. The molecule has 0 spiro atoms. The summed E-state index contributed by atoms with van der Waals surface area (Å²) in [5.74, 6) is -1.03. The summed E-state index contributed by atoms with van der Waals surface area (Å²) in [6.07, 6.45) is 0. The average molecular weight is 387 g/mol. The molecule has 26 heavy (non-hydrogen) atoms. The first-order valence-electron chi connectivity index (χ1n) is 6.63. The summed E-state index contributed by atoms with van der Waals surface area (Å²) in [5.41, 5.74) is -6.18. The highest BCUT2D eigenvalue weighted by Crippen LogP contribution is 2.33. The average Bonchev–Trinajstić information content (AvgIpc) is 2.53. The van der Waals surface area contributed by atoms with Crippen molar-refractivity contribution in [3.8, 4) is 23.1 Å². The number of pyridine rings is 1. The molecule has 136 valence electrons. The number of rotatable bonds is 4. The van der Waals surface area contributed by atoms with Gasteiger partial charge in [0.05, 0.1) is 4.92 Å². The lowest BCUT2D eigenvalue weighted by molar-refractivity contribution is -0.384. The molecule has 0 fully saturated rings. The molecule has 0 unspecified atom stereocenters. The van der Waals surface area contributed by atoms with Crippen molar-refractivity contribution in [3.05, 3.63) is 51.7 Å². The number of non-ortho nitro benzene ring substituents is 1. The SMILES string of the molecule is Cc1cc(-c2ccc([N+](=O)[O-])cc2)c(C#N)c(OS(=O)(=O)C(F)(F)F)n1. The number of nitrogens with zero attached hydrogens (tertiary/aromatic N) is 3. The van der Waals surface area contributed by atoms with Gasteiger partial charge in [0.1, 0.15) is 11.6 Å². The van der Waals surface area contributed by atoms with E-state index in [1.165, 1.54) is 25.1 Å². The Morgan fingerprint density at radius 3 is 2.31 bits per heavy atom. The third-order valence-corrected chi connectivity index (χ3v) is 4.03. The van der Waals surface area contributed by atoms with Gasteiger partial charge in [-0.3, -0.25) is 10.1 Å². The summed E-state index contributed by atoms with van der Waals surface area (Å²) in [4.78, 5) is 13.6. The second-order valence-electron chi connectivity index (χ2n) is 4.89. The Kier molecular flexibility index (Phi) is 4.86. The van der Waals surface area contributed by atoms with Gasteiger partial charge >= 0.3 is 15.6 Å². The van der Waals surface area contributed by atoms with Crippen LogP contribution in [0.15, 0.2) is 30.3 Å². The van der Waals surface area contributed by atoms with Crippen LogP contribution in [0.3, 0.4) is 0 Å². The van der Waals surface area contributed by atoms with Gasteiger partial charge in [0.15, 0.2) is 0 Å². The standard InChI is InChI=1S/C14H8F3N3O5S/c1-8-6-11(9-2-4-10(5-3-9)20(21)22)12(7-18)13(19-8)25-26(23,24)14(15,16)17/h2-6H,1H3. The molecule has 1 aromatic heterocycles. The van der Waals surface area contributed by atoms with Gasteiger partial charge < -0.3 is 4.18 Å². The molecule has 2 rings (SSSR count). The van der Waals surface area contributed by atoms with Crippen molar-refractivity contribution in [1.29, 1.82) is 5.26 Å². The van der Waals surface area contributed by atoms with E-state index in [1.54, 1.807) is 6.07 Å². The second-order valence-corrected chi connectivity index (χ2v) is 6.43. The predicted octanol–water partition coefficient (Wildman–Crippen LogP) is 3.07. The normalized spacial score (nSPS) is 11.7. The zero-order chi connectivity index (χ0) is 19.7. The molecule has 1 heterocycles. The van der Waals surface area contributed by atoms with Crippen LogP contribution in [0.25, 0.3) is 11.1 Å². The number of hydrogen-bond donors (Lipinski definition) is 0. The van der Waals surface area contributed by atoms with E-state index >= 15 is 0 Å². The smallest absolute Gasteiger partial charge is 0.354 e. The zero-order valence-electron chi connectivity index (χ0n) is 12.8. The number of halogens is 3. The molecule has 0 atom stereocenters. The first kappa shape index (κ1) is 19.1. The number of aromatic nitrogens is 1. The van der Waals surface area contributed by atoms with Crippen LogP contribution < -0.4 is 4.18 Å². The van der Waals surface area contributed by atoms with Crippen molar-refractivity contribution >= 4 is 15.8 Å². The van der Waals surface area contributed by atoms with Crippen molar-refractivity contribution in [2.24, 2.45) is 0 Å². The second kappa shape index (κ2) is 6.60. The monoisotopic (exact) mass is 387 g/mol. The molecule has 0 aliphatic rings. The van der Waals surface area contributed by atoms with E-state index < -0.39 is 32.0 Å². The minimum absolute atomic E-state index is 0.0160. The molecule has 0 saturated heterocycles. The molecule has 8 nitrogen and oxygen atoms in total. The molecule has 2 aromatic rings. The Morgan fingerprint density at radius 1 is 1.27 bits per heavy atom. The molecule has 0 aliphatic carbocycles. The van der Waals surface area contributed by atoms with Crippen molar-refractivity contribution < 1.29 is 30.7 Å². The summed E-state index contributed by atoms with van der Waals surface area (Å²) < 4.78 is 63.9. The maximum atomic E-state index is 12.5. The van der Waals surface area contributed by atoms with E-state index in [-0.39, 0.29) is 22.5 Å². The number of benzene rings is 1. The first-order valence-corrected chi connectivity index (χ1v) is 8.04. The molecule has 0 aliphatic heterocycles. The maximum absolute atomic E-state index is 12.5. The molecule has 0 N–H and O–H groups in total. The van der Waals surface area contributed by atoms with Crippen LogP contribution in [0, 0.1) is 28.4 Å². The van der Waals surface area contributed by atoms with Crippen molar-refractivity contribution in [2.45, 2.75) is 12.4 Å². The van der Waals surface area contributed by atoms with E-state index in [1.807, 2.05) is 0 Å². The third kappa shape index (κ3) is 3.72. The van der Waals surface area contributed by atoms with Crippen molar-refractivity contribution in [2.75, 3.05) is 0 Å². The van der Waals surface area contributed by atoms with E-state index in [0.717, 1.165) is 12.1 Å².